The van der Waals surface area contributed by atoms with Gasteiger partial charge in [0.15, 0.2) is 11.5 Å². The van der Waals surface area contributed by atoms with Gasteiger partial charge in [-0.15, -0.1) is 0 Å². The molecule has 37 heavy (non-hydrogen) atoms. The van der Waals surface area contributed by atoms with Crippen molar-refractivity contribution in [2.45, 2.75) is 38.8 Å². The molecular formula is C26H27F2N3O6. The number of carbonyl (C=O) groups excluding carboxylic acids is 4. The molecule has 1 aliphatic carbocycles. The van der Waals surface area contributed by atoms with Crippen LogP contribution in [0, 0.1) is 5.92 Å². The third kappa shape index (κ3) is 5.71. The van der Waals surface area contributed by atoms with E-state index < -0.39 is 30.4 Å². The molecule has 0 unspecified atom stereocenters. The summed E-state index contributed by atoms with van der Waals surface area (Å²) in [5.41, 5.74) is 0.616. The van der Waals surface area contributed by atoms with Crippen LogP contribution in [0.1, 0.15) is 58.5 Å². The van der Waals surface area contributed by atoms with Crippen LogP contribution < -0.4 is 14.8 Å². The Hall–Kier alpha value is -4.02. The Bertz CT molecular complexity index is 1240. The fourth-order valence-electron chi connectivity index (χ4n) is 4.12. The third-order valence-corrected chi connectivity index (χ3v) is 6.18. The molecule has 1 heterocycles. The van der Waals surface area contributed by atoms with E-state index >= 15 is 0 Å². The summed E-state index contributed by atoms with van der Waals surface area (Å²) in [4.78, 5) is 53.7. The van der Waals surface area contributed by atoms with Crippen LogP contribution in [0.25, 0.3) is 0 Å². The number of alkyl halides is 2. The van der Waals surface area contributed by atoms with E-state index in [0.717, 1.165) is 17.7 Å². The van der Waals surface area contributed by atoms with E-state index in [0.29, 0.717) is 18.1 Å². The zero-order valence-electron chi connectivity index (χ0n) is 20.6. The molecule has 4 amide bonds. The Morgan fingerprint density at radius 3 is 2.46 bits per heavy atom. The van der Waals surface area contributed by atoms with Gasteiger partial charge < -0.3 is 19.7 Å². The predicted octanol–water partition coefficient (Wildman–Crippen LogP) is 3.85. The van der Waals surface area contributed by atoms with Crippen LogP contribution in [0.2, 0.25) is 0 Å². The normalized spacial score (nSPS) is 15.5. The number of hydrogen-bond acceptors (Lipinski definition) is 6. The van der Waals surface area contributed by atoms with Crippen molar-refractivity contribution in [3.63, 3.8) is 0 Å². The SMILES string of the molecule is CC(=O)Nc1cccc2c1C(=O)N([C@@H](CC(=O)N(C)C)c1ccc(OC(F)F)c(OCC3CC3)c1)C2=O. The van der Waals surface area contributed by atoms with Crippen LogP contribution in [-0.4, -0.2) is 60.7 Å². The molecule has 0 spiro atoms. The van der Waals surface area contributed by atoms with Crippen LogP contribution in [0.3, 0.4) is 0 Å². The smallest absolute Gasteiger partial charge is 0.387 e. The summed E-state index contributed by atoms with van der Waals surface area (Å²) < 4.78 is 36.4. The molecule has 1 aliphatic heterocycles. The highest BCUT2D eigenvalue weighted by molar-refractivity contribution is 6.24. The van der Waals surface area contributed by atoms with E-state index in [4.69, 9.17) is 4.74 Å². The minimum absolute atomic E-state index is 0.0212. The van der Waals surface area contributed by atoms with Gasteiger partial charge in [0.05, 0.1) is 35.9 Å². The molecule has 2 aromatic rings. The average molecular weight is 516 g/mol. The molecule has 0 radical (unpaired) electrons. The molecule has 0 bridgehead atoms. The number of nitrogens with one attached hydrogen (secondary N) is 1. The Balaban J connectivity index is 1.76. The molecule has 0 saturated heterocycles. The minimum Gasteiger partial charge on any atom is -0.489 e. The number of hydrogen-bond donors (Lipinski definition) is 1. The van der Waals surface area contributed by atoms with E-state index in [-0.39, 0.29) is 40.6 Å². The lowest BCUT2D eigenvalue weighted by Gasteiger charge is -2.28. The summed E-state index contributed by atoms with van der Waals surface area (Å²) in [6, 6.07) is 7.57. The second-order valence-electron chi connectivity index (χ2n) is 9.24. The van der Waals surface area contributed by atoms with Crippen molar-refractivity contribution < 1.29 is 37.4 Å². The molecule has 9 nitrogen and oxygen atoms in total. The number of carbonyl (C=O) groups is 4. The summed E-state index contributed by atoms with van der Waals surface area (Å²) in [6.07, 6.45) is 1.68. The highest BCUT2D eigenvalue weighted by Gasteiger charge is 2.43. The van der Waals surface area contributed by atoms with Gasteiger partial charge in [-0.1, -0.05) is 12.1 Å². The lowest BCUT2D eigenvalue weighted by Crippen LogP contribution is -2.37. The number of anilines is 1. The largest absolute Gasteiger partial charge is 0.489 e. The summed E-state index contributed by atoms with van der Waals surface area (Å²) in [5.74, 6) is -1.95. The van der Waals surface area contributed by atoms with Gasteiger partial charge in [-0.2, -0.15) is 8.78 Å². The highest BCUT2D eigenvalue weighted by atomic mass is 19.3. The molecule has 0 aromatic heterocycles. The van der Waals surface area contributed by atoms with Crippen LogP contribution in [-0.2, 0) is 9.59 Å². The number of benzene rings is 2. The summed E-state index contributed by atoms with van der Waals surface area (Å²) in [7, 11) is 3.08. The topological polar surface area (TPSA) is 105 Å². The second-order valence-corrected chi connectivity index (χ2v) is 9.24. The number of fused-ring (bicyclic) bond motifs is 1. The first-order chi connectivity index (χ1) is 17.6. The van der Waals surface area contributed by atoms with Gasteiger partial charge >= 0.3 is 6.61 Å². The molecule has 196 valence electrons. The van der Waals surface area contributed by atoms with E-state index in [1.807, 2.05) is 0 Å². The maximum Gasteiger partial charge on any atom is 0.387 e. The van der Waals surface area contributed by atoms with Crippen LogP contribution in [0.15, 0.2) is 36.4 Å². The number of imide groups is 1. The number of ether oxygens (including phenoxy) is 2. The van der Waals surface area contributed by atoms with Crippen molar-refractivity contribution in [3.05, 3.63) is 53.1 Å². The minimum atomic E-state index is -3.08. The van der Waals surface area contributed by atoms with Crippen LogP contribution in [0.5, 0.6) is 11.5 Å². The maximum absolute atomic E-state index is 13.6. The molecule has 1 N–H and O–H groups in total. The number of nitrogens with zero attached hydrogens (tertiary/aromatic N) is 2. The van der Waals surface area contributed by atoms with E-state index in [2.05, 4.69) is 10.1 Å². The number of rotatable bonds is 10. The quantitative estimate of drug-likeness (QED) is 0.482. The maximum atomic E-state index is 13.6. The molecule has 2 aliphatic rings. The molecule has 2 aromatic carbocycles. The number of halogens is 2. The molecule has 1 saturated carbocycles. The second kappa shape index (κ2) is 10.5. The summed E-state index contributed by atoms with van der Waals surface area (Å²) in [5, 5.41) is 2.56. The van der Waals surface area contributed by atoms with Crippen molar-refractivity contribution >= 4 is 29.3 Å². The van der Waals surface area contributed by atoms with Gasteiger partial charge in [0.1, 0.15) is 0 Å². The van der Waals surface area contributed by atoms with Gasteiger partial charge in [0.2, 0.25) is 11.8 Å². The van der Waals surface area contributed by atoms with Crippen molar-refractivity contribution in [1.29, 1.82) is 0 Å². The van der Waals surface area contributed by atoms with Gasteiger partial charge in [-0.25, -0.2) is 0 Å². The zero-order valence-corrected chi connectivity index (χ0v) is 20.6. The highest BCUT2D eigenvalue weighted by Crippen LogP contribution is 2.40. The average Bonchev–Trinajstić information content (AvgIpc) is 3.62. The van der Waals surface area contributed by atoms with E-state index in [1.54, 1.807) is 20.2 Å². The first-order valence-electron chi connectivity index (χ1n) is 11.8. The van der Waals surface area contributed by atoms with Crippen molar-refractivity contribution in [2.24, 2.45) is 5.92 Å². The van der Waals surface area contributed by atoms with Crippen LogP contribution >= 0.6 is 0 Å². The van der Waals surface area contributed by atoms with Crippen LogP contribution in [0.4, 0.5) is 14.5 Å². The Morgan fingerprint density at radius 1 is 1.11 bits per heavy atom. The summed E-state index contributed by atoms with van der Waals surface area (Å²) in [6.45, 7) is -1.50. The monoisotopic (exact) mass is 515 g/mol. The van der Waals surface area contributed by atoms with Crippen molar-refractivity contribution in [1.82, 2.24) is 9.80 Å². The lowest BCUT2D eigenvalue weighted by atomic mass is 10.0. The fraction of sp³-hybridized carbons (Fsp3) is 0.385. The Morgan fingerprint density at radius 2 is 1.84 bits per heavy atom. The molecule has 4 rings (SSSR count). The standard InChI is InChI=1S/C26H27F2N3O6/c1-14(32)29-18-6-4-5-17-23(18)25(35)31(24(17)34)19(12-22(33)30(2)3)16-9-10-20(37-26(27)28)21(11-16)36-13-15-7-8-15/h4-6,9-11,15,19,26H,7-8,12-13H2,1-3H3,(H,29,32)/t19-/m0/s1. The molecule has 1 fully saturated rings. The van der Waals surface area contributed by atoms with Crippen molar-refractivity contribution in [3.8, 4) is 11.5 Å². The predicted molar refractivity (Wildman–Crippen MR) is 129 cm³/mol. The Labute approximate surface area is 212 Å². The van der Waals surface area contributed by atoms with E-state index in [1.165, 1.54) is 42.2 Å². The fourth-order valence-corrected chi connectivity index (χ4v) is 4.12. The third-order valence-electron chi connectivity index (χ3n) is 6.18. The van der Waals surface area contributed by atoms with Gasteiger partial charge in [-0.05, 0) is 48.6 Å². The molecule has 11 heteroatoms. The van der Waals surface area contributed by atoms with Gasteiger partial charge in [0, 0.05) is 21.0 Å². The summed E-state index contributed by atoms with van der Waals surface area (Å²) >= 11 is 0. The zero-order chi connectivity index (χ0) is 26.9. The first kappa shape index (κ1) is 26.1. The Kier molecular flexibility index (Phi) is 7.42. The molecular weight excluding hydrogens is 488 g/mol. The number of amides is 4. The van der Waals surface area contributed by atoms with Gasteiger partial charge in [0.25, 0.3) is 11.8 Å². The lowest BCUT2D eigenvalue weighted by molar-refractivity contribution is -0.129. The van der Waals surface area contributed by atoms with Gasteiger partial charge in [-0.3, -0.25) is 24.1 Å². The van der Waals surface area contributed by atoms with Crippen molar-refractivity contribution in [2.75, 3.05) is 26.0 Å². The van der Waals surface area contributed by atoms with E-state index in [9.17, 15) is 28.0 Å². The first-order valence-corrected chi connectivity index (χ1v) is 11.8. The molecule has 1 atom stereocenters.